The van der Waals surface area contributed by atoms with Gasteiger partial charge >= 0.3 is 0 Å². The molecular weight excluding hydrogens is 318 g/mol. The Morgan fingerprint density at radius 1 is 1.40 bits per heavy atom. The third kappa shape index (κ3) is 3.41. The van der Waals surface area contributed by atoms with Gasteiger partial charge in [-0.15, -0.1) is 35.9 Å². The monoisotopic (exact) mass is 331 g/mol. The smallest absolute Gasteiger partial charge is 0.242 e. The molecule has 0 bridgehead atoms. The van der Waals surface area contributed by atoms with Gasteiger partial charge in [0.2, 0.25) is 11.8 Å². The van der Waals surface area contributed by atoms with Crippen LogP contribution in [0.4, 0.5) is 11.4 Å². The molecule has 0 saturated carbocycles. The van der Waals surface area contributed by atoms with Crippen molar-refractivity contribution in [2.75, 3.05) is 28.0 Å². The maximum absolute atomic E-state index is 12.0. The van der Waals surface area contributed by atoms with Crippen molar-refractivity contribution in [1.82, 2.24) is 5.32 Å². The van der Waals surface area contributed by atoms with E-state index in [0.717, 1.165) is 22.2 Å². The Morgan fingerprint density at radius 3 is 3.00 bits per heavy atom. The predicted molar refractivity (Wildman–Crippen MR) is 85.9 cm³/mol. The first-order valence-corrected chi connectivity index (χ1v) is 8.05. The first-order chi connectivity index (χ1) is 9.22. The molecular formula is C12H14ClN3O2S2. The van der Waals surface area contributed by atoms with E-state index >= 15 is 0 Å². The van der Waals surface area contributed by atoms with E-state index in [1.807, 2.05) is 12.1 Å². The van der Waals surface area contributed by atoms with Crippen molar-refractivity contribution in [2.24, 2.45) is 0 Å². The Hall–Kier alpha value is -0.890. The fourth-order valence-corrected chi connectivity index (χ4v) is 3.68. The number of anilines is 2. The van der Waals surface area contributed by atoms with Crippen molar-refractivity contribution in [2.45, 2.75) is 10.9 Å². The van der Waals surface area contributed by atoms with Crippen molar-refractivity contribution in [3.05, 3.63) is 18.2 Å². The zero-order chi connectivity index (χ0) is 13.2. The molecule has 3 N–H and O–H groups in total. The van der Waals surface area contributed by atoms with Crippen molar-refractivity contribution < 1.29 is 9.59 Å². The number of fused-ring (bicyclic) bond motifs is 1. The summed E-state index contributed by atoms with van der Waals surface area (Å²) < 4.78 is 0. The summed E-state index contributed by atoms with van der Waals surface area (Å²) in [5.74, 6) is 2.02. The van der Waals surface area contributed by atoms with Crippen LogP contribution in [0, 0.1) is 0 Å². The Labute approximate surface area is 131 Å². The van der Waals surface area contributed by atoms with E-state index < -0.39 is 0 Å². The molecule has 0 spiro atoms. The van der Waals surface area contributed by atoms with E-state index in [1.54, 1.807) is 17.8 Å². The third-order valence-corrected chi connectivity index (χ3v) is 4.93. The predicted octanol–water partition coefficient (Wildman–Crippen LogP) is 1.75. The molecule has 1 atom stereocenters. The Bertz CT molecular complexity index is 535. The van der Waals surface area contributed by atoms with Crippen LogP contribution in [-0.4, -0.2) is 35.2 Å². The lowest BCUT2D eigenvalue weighted by Gasteiger charge is -2.18. The highest BCUT2D eigenvalue weighted by Crippen LogP contribution is 2.33. The van der Waals surface area contributed by atoms with Crippen LogP contribution in [0.3, 0.4) is 0 Å². The van der Waals surface area contributed by atoms with E-state index in [9.17, 15) is 9.59 Å². The lowest BCUT2D eigenvalue weighted by molar-refractivity contribution is -0.117. The lowest BCUT2D eigenvalue weighted by atomic mass is 10.2. The van der Waals surface area contributed by atoms with Gasteiger partial charge in [-0.1, -0.05) is 0 Å². The molecule has 0 aliphatic carbocycles. The Balaban J connectivity index is 0.00000147. The van der Waals surface area contributed by atoms with Crippen LogP contribution in [0.25, 0.3) is 0 Å². The summed E-state index contributed by atoms with van der Waals surface area (Å²) in [7, 11) is 0. The number of benzene rings is 1. The molecule has 3 rings (SSSR count). The molecule has 5 nitrogen and oxygen atoms in total. The van der Waals surface area contributed by atoms with E-state index in [0.29, 0.717) is 11.4 Å². The molecule has 2 amide bonds. The standard InChI is InChI=1S/C12H13N3O2S2.ClH/c16-11-5-19-10-2-1-7(3-8(10)15-11)14-12(17)9-4-18-6-13-9;/h1-3,9,13H,4-6H2,(H,14,17)(H,15,16);1H. The van der Waals surface area contributed by atoms with Gasteiger partial charge in [0.25, 0.3) is 0 Å². The number of nitrogens with one attached hydrogen (secondary N) is 3. The lowest BCUT2D eigenvalue weighted by Crippen LogP contribution is -2.37. The number of carbonyl (C=O) groups excluding carboxylic acids is 2. The highest BCUT2D eigenvalue weighted by molar-refractivity contribution is 8.00. The summed E-state index contributed by atoms with van der Waals surface area (Å²) in [4.78, 5) is 24.3. The second kappa shape index (κ2) is 6.71. The van der Waals surface area contributed by atoms with Gasteiger partial charge in [-0.05, 0) is 18.2 Å². The van der Waals surface area contributed by atoms with Crippen LogP contribution in [0.15, 0.2) is 23.1 Å². The highest BCUT2D eigenvalue weighted by atomic mass is 35.5. The molecule has 0 aromatic heterocycles. The average Bonchev–Trinajstić information content (AvgIpc) is 2.92. The molecule has 1 unspecified atom stereocenters. The molecule has 2 aliphatic heterocycles. The number of thioether (sulfide) groups is 2. The minimum Gasteiger partial charge on any atom is -0.325 e. The second-order valence-electron chi connectivity index (χ2n) is 4.31. The number of hydrogen-bond donors (Lipinski definition) is 3. The van der Waals surface area contributed by atoms with Gasteiger partial charge in [-0.3, -0.25) is 14.9 Å². The van der Waals surface area contributed by atoms with Crippen LogP contribution in [0.5, 0.6) is 0 Å². The molecule has 1 aromatic rings. The number of rotatable bonds is 2. The quantitative estimate of drug-likeness (QED) is 0.770. The molecule has 1 saturated heterocycles. The minimum atomic E-state index is -0.134. The van der Waals surface area contributed by atoms with Crippen molar-refractivity contribution >= 4 is 59.1 Å². The molecule has 0 radical (unpaired) electrons. The van der Waals surface area contributed by atoms with Gasteiger partial charge in [0.15, 0.2) is 0 Å². The molecule has 1 fully saturated rings. The second-order valence-corrected chi connectivity index (χ2v) is 6.36. The van der Waals surface area contributed by atoms with Crippen molar-refractivity contribution in [3.63, 3.8) is 0 Å². The first kappa shape index (κ1) is 15.5. The Morgan fingerprint density at radius 2 is 2.25 bits per heavy atom. The number of amides is 2. The van der Waals surface area contributed by atoms with Gasteiger partial charge in [0.05, 0.1) is 17.5 Å². The summed E-state index contributed by atoms with van der Waals surface area (Å²) >= 11 is 3.22. The van der Waals surface area contributed by atoms with Gasteiger partial charge in [0.1, 0.15) is 0 Å². The fourth-order valence-electron chi connectivity index (χ4n) is 1.95. The molecule has 1 aromatic carbocycles. The van der Waals surface area contributed by atoms with Crippen molar-refractivity contribution in [3.8, 4) is 0 Å². The van der Waals surface area contributed by atoms with Crippen LogP contribution < -0.4 is 16.0 Å². The van der Waals surface area contributed by atoms with Crippen LogP contribution in [-0.2, 0) is 9.59 Å². The average molecular weight is 332 g/mol. The summed E-state index contributed by atoms with van der Waals surface area (Å²) in [6, 6.07) is 5.46. The molecule has 20 heavy (non-hydrogen) atoms. The minimum absolute atomic E-state index is 0. The van der Waals surface area contributed by atoms with Gasteiger partial charge in [-0.2, -0.15) is 0 Å². The van der Waals surface area contributed by atoms with E-state index in [4.69, 9.17) is 0 Å². The highest BCUT2D eigenvalue weighted by Gasteiger charge is 2.23. The zero-order valence-electron chi connectivity index (χ0n) is 10.5. The number of halogens is 1. The summed E-state index contributed by atoms with van der Waals surface area (Å²) in [5, 5.41) is 8.81. The van der Waals surface area contributed by atoms with Gasteiger partial charge in [0, 0.05) is 22.2 Å². The normalized spacial score (nSPS) is 20.6. The summed E-state index contributed by atoms with van der Waals surface area (Å²) in [6.07, 6.45) is 0. The number of hydrogen-bond acceptors (Lipinski definition) is 5. The fraction of sp³-hybridized carbons (Fsp3) is 0.333. The van der Waals surface area contributed by atoms with Gasteiger partial charge in [-0.25, -0.2) is 0 Å². The molecule has 8 heteroatoms. The largest absolute Gasteiger partial charge is 0.325 e. The molecule has 2 aliphatic rings. The zero-order valence-corrected chi connectivity index (χ0v) is 12.9. The van der Waals surface area contributed by atoms with E-state index in [2.05, 4.69) is 16.0 Å². The number of carbonyl (C=O) groups is 2. The van der Waals surface area contributed by atoms with Crippen LogP contribution >= 0.6 is 35.9 Å². The molecule has 2 heterocycles. The maximum atomic E-state index is 12.0. The summed E-state index contributed by atoms with van der Waals surface area (Å²) in [6.45, 7) is 0. The first-order valence-electron chi connectivity index (χ1n) is 5.91. The van der Waals surface area contributed by atoms with Crippen molar-refractivity contribution in [1.29, 1.82) is 0 Å². The maximum Gasteiger partial charge on any atom is 0.242 e. The van der Waals surface area contributed by atoms with Crippen LogP contribution in [0.2, 0.25) is 0 Å². The van der Waals surface area contributed by atoms with E-state index in [1.165, 1.54) is 11.8 Å². The van der Waals surface area contributed by atoms with Gasteiger partial charge < -0.3 is 10.6 Å². The SMILES string of the molecule is Cl.O=C1CSc2ccc(NC(=O)C3CSCN3)cc2N1. The summed E-state index contributed by atoms with van der Waals surface area (Å²) in [5.41, 5.74) is 1.48. The van der Waals surface area contributed by atoms with Crippen LogP contribution in [0.1, 0.15) is 0 Å². The Kier molecular flexibility index (Phi) is 5.20. The molecule has 108 valence electrons. The third-order valence-electron chi connectivity index (χ3n) is 2.91. The topological polar surface area (TPSA) is 70.2 Å². The van der Waals surface area contributed by atoms with E-state index in [-0.39, 0.29) is 30.3 Å².